The molecule has 0 saturated heterocycles. The van der Waals surface area contributed by atoms with Crippen LogP contribution in [0.25, 0.3) is 11.2 Å². The molecular weight excluding hydrogens is 360 g/mol. The number of amides is 1. The van der Waals surface area contributed by atoms with Crippen molar-refractivity contribution in [2.24, 2.45) is 0 Å². The van der Waals surface area contributed by atoms with E-state index < -0.39 is 6.10 Å². The van der Waals surface area contributed by atoms with Gasteiger partial charge in [0.05, 0.1) is 17.2 Å². The molecule has 0 aliphatic carbocycles. The number of H-pyrrole nitrogens is 1. The minimum absolute atomic E-state index is 0.113. The van der Waals surface area contributed by atoms with Gasteiger partial charge in [0, 0.05) is 17.2 Å². The fraction of sp³-hybridized carbons (Fsp3) is 0.188. The van der Waals surface area contributed by atoms with Crippen molar-refractivity contribution in [1.29, 1.82) is 0 Å². The maximum atomic E-state index is 12.2. The molecule has 0 spiro atoms. The van der Waals surface area contributed by atoms with Gasteiger partial charge in [0.25, 0.3) is 5.91 Å². The number of rotatable bonds is 4. The molecule has 0 bridgehead atoms. The topological polar surface area (TPSA) is 90.9 Å². The predicted molar refractivity (Wildman–Crippen MR) is 90.1 cm³/mol. The Kier molecular flexibility index (Phi) is 4.40. The Morgan fingerprint density at radius 3 is 3.00 bits per heavy atom. The zero-order chi connectivity index (χ0) is 16.4. The molecule has 1 atom stereocenters. The second kappa shape index (κ2) is 6.47. The van der Waals surface area contributed by atoms with Crippen molar-refractivity contribution in [2.75, 3.05) is 6.54 Å². The average Bonchev–Trinajstić information content (AvgIpc) is 2.91. The summed E-state index contributed by atoms with van der Waals surface area (Å²) in [6.45, 7) is 1.94. The summed E-state index contributed by atoms with van der Waals surface area (Å²) >= 11 is 3.38. The number of imidazole rings is 1. The third-order valence-electron chi connectivity index (χ3n) is 3.44. The number of benzene rings is 1. The van der Waals surface area contributed by atoms with Crippen LogP contribution in [0.1, 0.15) is 27.8 Å². The molecule has 6 nitrogen and oxygen atoms in total. The molecule has 3 aromatic rings. The molecule has 1 amide bonds. The number of halogens is 1. The SMILES string of the molecule is Cc1nc2ncc(C(=O)NCC(O)c3ccccc3Br)cc2[nH]1. The minimum Gasteiger partial charge on any atom is -0.387 e. The van der Waals surface area contributed by atoms with Gasteiger partial charge in [-0.15, -0.1) is 0 Å². The van der Waals surface area contributed by atoms with Crippen molar-refractivity contribution in [3.8, 4) is 0 Å². The molecule has 0 saturated carbocycles. The average molecular weight is 375 g/mol. The van der Waals surface area contributed by atoms with Crippen LogP contribution in [-0.4, -0.2) is 32.5 Å². The number of fused-ring (bicyclic) bond motifs is 1. The molecule has 2 aromatic heterocycles. The Hall–Kier alpha value is -2.25. The summed E-state index contributed by atoms with van der Waals surface area (Å²) in [7, 11) is 0. The highest BCUT2D eigenvalue weighted by molar-refractivity contribution is 9.10. The number of aromatic nitrogens is 3. The lowest BCUT2D eigenvalue weighted by Gasteiger charge is -2.13. The van der Waals surface area contributed by atoms with E-state index in [1.165, 1.54) is 6.20 Å². The van der Waals surface area contributed by atoms with E-state index in [0.29, 0.717) is 16.7 Å². The first-order valence-corrected chi connectivity index (χ1v) is 7.87. The molecular formula is C16H15BrN4O2. The molecule has 0 radical (unpaired) electrons. The summed E-state index contributed by atoms with van der Waals surface area (Å²) in [6.07, 6.45) is 0.684. The van der Waals surface area contributed by atoms with Crippen LogP contribution in [0.2, 0.25) is 0 Å². The third-order valence-corrected chi connectivity index (χ3v) is 4.16. The maximum Gasteiger partial charge on any atom is 0.253 e. The van der Waals surface area contributed by atoms with Gasteiger partial charge < -0.3 is 15.4 Å². The molecule has 2 heterocycles. The highest BCUT2D eigenvalue weighted by Crippen LogP contribution is 2.22. The van der Waals surface area contributed by atoms with Crippen molar-refractivity contribution < 1.29 is 9.90 Å². The van der Waals surface area contributed by atoms with Crippen molar-refractivity contribution in [3.05, 3.63) is 58.0 Å². The Balaban J connectivity index is 1.69. The van der Waals surface area contributed by atoms with E-state index in [1.807, 2.05) is 31.2 Å². The highest BCUT2D eigenvalue weighted by atomic mass is 79.9. The van der Waals surface area contributed by atoms with Gasteiger partial charge in [-0.1, -0.05) is 34.1 Å². The largest absolute Gasteiger partial charge is 0.387 e. The van der Waals surface area contributed by atoms with Crippen LogP contribution in [0.3, 0.4) is 0 Å². The standard InChI is InChI=1S/C16H15BrN4O2/c1-9-20-13-6-10(7-18-15(13)21-9)16(23)19-8-14(22)11-4-2-3-5-12(11)17/h2-7,14,22H,8H2,1H3,(H,19,23)(H,18,20,21). The fourth-order valence-corrected chi connectivity index (χ4v) is 2.84. The summed E-state index contributed by atoms with van der Waals surface area (Å²) in [6, 6.07) is 9.05. The van der Waals surface area contributed by atoms with Crippen molar-refractivity contribution in [1.82, 2.24) is 20.3 Å². The Bertz CT molecular complexity index is 862. The molecule has 1 aromatic carbocycles. The minimum atomic E-state index is -0.791. The number of aliphatic hydroxyl groups is 1. The highest BCUT2D eigenvalue weighted by Gasteiger charge is 2.14. The Labute approximate surface area is 141 Å². The van der Waals surface area contributed by atoms with Crippen molar-refractivity contribution >= 4 is 33.0 Å². The molecule has 0 aliphatic heterocycles. The summed E-state index contributed by atoms with van der Waals surface area (Å²) in [4.78, 5) is 23.6. The van der Waals surface area contributed by atoms with Crippen LogP contribution in [0, 0.1) is 6.92 Å². The number of hydrogen-bond acceptors (Lipinski definition) is 4. The van der Waals surface area contributed by atoms with E-state index in [0.717, 1.165) is 15.9 Å². The number of nitrogens with one attached hydrogen (secondary N) is 2. The number of carbonyl (C=O) groups is 1. The van der Waals surface area contributed by atoms with E-state index in [2.05, 4.69) is 36.2 Å². The van der Waals surface area contributed by atoms with Gasteiger partial charge in [0.1, 0.15) is 5.82 Å². The molecule has 0 fully saturated rings. The van der Waals surface area contributed by atoms with Gasteiger partial charge in [-0.2, -0.15) is 0 Å². The normalized spacial score (nSPS) is 12.3. The molecule has 3 N–H and O–H groups in total. The van der Waals surface area contributed by atoms with Gasteiger partial charge in [-0.3, -0.25) is 4.79 Å². The quantitative estimate of drug-likeness (QED) is 0.654. The van der Waals surface area contributed by atoms with Crippen LogP contribution < -0.4 is 5.32 Å². The van der Waals surface area contributed by atoms with Gasteiger partial charge in [-0.05, 0) is 24.6 Å². The number of nitrogens with zero attached hydrogens (tertiary/aromatic N) is 2. The van der Waals surface area contributed by atoms with E-state index in [1.54, 1.807) is 6.07 Å². The van der Waals surface area contributed by atoms with E-state index in [9.17, 15) is 9.90 Å². The summed E-state index contributed by atoms with van der Waals surface area (Å²) in [5.41, 5.74) is 2.43. The van der Waals surface area contributed by atoms with Crippen molar-refractivity contribution in [3.63, 3.8) is 0 Å². The lowest BCUT2D eigenvalue weighted by Crippen LogP contribution is -2.28. The summed E-state index contributed by atoms with van der Waals surface area (Å²) in [5, 5.41) is 12.9. The predicted octanol–water partition coefficient (Wildman–Crippen LogP) is 2.49. The zero-order valence-corrected chi connectivity index (χ0v) is 14.0. The monoisotopic (exact) mass is 374 g/mol. The molecule has 0 aliphatic rings. The number of aromatic amines is 1. The third kappa shape index (κ3) is 3.40. The molecule has 118 valence electrons. The Morgan fingerprint density at radius 1 is 1.43 bits per heavy atom. The first-order valence-electron chi connectivity index (χ1n) is 7.07. The lowest BCUT2D eigenvalue weighted by atomic mass is 10.1. The van der Waals surface area contributed by atoms with Gasteiger partial charge in [0.15, 0.2) is 5.65 Å². The second-order valence-corrected chi connectivity index (χ2v) is 6.02. The smallest absolute Gasteiger partial charge is 0.253 e. The number of aryl methyl sites for hydroxylation is 1. The molecule has 1 unspecified atom stereocenters. The van der Waals surface area contributed by atoms with Crippen LogP contribution in [0.4, 0.5) is 0 Å². The second-order valence-electron chi connectivity index (χ2n) is 5.16. The first-order chi connectivity index (χ1) is 11.0. The molecule has 7 heteroatoms. The molecule has 3 rings (SSSR count). The van der Waals surface area contributed by atoms with Gasteiger partial charge in [0.2, 0.25) is 0 Å². The Morgan fingerprint density at radius 2 is 2.22 bits per heavy atom. The van der Waals surface area contributed by atoms with E-state index in [4.69, 9.17) is 0 Å². The number of pyridine rings is 1. The van der Waals surface area contributed by atoms with Gasteiger partial charge in [-0.25, -0.2) is 9.97 Å². The first kappa shape index (κ1) is 15.6. The van der Waals surface area contributed by atoms with Crippen LogP contribution in [-0.2, 0) is 0 Å². The number of carbonyl (C=O) groups excluding carboxylic acids is 1. The lowest BCUT2D eigenvalue weighted by molar-refractivity contribution is 0.0915. The fourth-order valence-electron chi connectivity index (χ4n) is 2.29. The zero-order valence-electron chi connectivity index (χ0n) is 12.4. The summed E-state index contributed by atoms with van der Waals surface area (Å²) in [5.74, 6) is 0.451. The van der Waals surface area contributed by atoms with Crippen LogP contribution in [0.5, 0.6) is 0 Å². The van der Waals surface area contributed by atoms with Gasteiger partial charge >= 0.3 is 0 Å². The molecule has 23 heavy (non-hydrogen) atoms. The van der Waals surface area contributed by atoms with Crippen LogP contribution >= 0.6 is 15.9 Å². The van der Waals surface area contributed by atoms with E-state index in [-0.39, 0.29) is 12.5 Å². The maximum absolute atomic E-state index is 12.2. The summed E-state index contributed by atoms with van der Waals surface area (Å²) < 4.78 is 0.803. The van der Waals surface area contributed by atoms with Crippen molar-refractivity contribution in [2.45, 2.75) is 13.0 Å². The number of hydrogen-bond donors (Lipinski definition) is 3. The van der Waals surface area contributed by atoms with E-state index >= 15 is 0 Å². The number of aliphatic hydroxyl groups excluding tert-OH is 1. The van der Waals surface area contributed by atoms with Crippen LogP contribution in [0.15, 0.2) is 41.0 Å².